The SMILES string of the molecule is CC[C@H](C)[C@@H](NC(=O)[C@@H]1CCCN(S(=O)(=O)c2cccc3nsnc23)C1)C(=O)O. The molecule has 1 aliphatic rings. The summed E-state index contributed by atoms with van der Waals surface area (Å²) >= 11 is 0.947. The lowest BCUT2D eigenvalue weighted by molar-refractivity contribution is -0.144. The molecular weight excluding hydrogens is 416 g/mol. The molecule has 1 fully saturated rings. The maximum atomic E-state index is 13.2. The second-order valence-electron chi connectivity index (χ2n) is 7.30. The lowest BCUT2D eigenvalue weighted by Gasteiger charge is -2.32. The third kappa shape index (κ3) is 4.41. The molecular formula is C18H24N4O5S2. The van der Waals surface area contributed by atoms with Crippen LogP contribution in [0.2, 0.25) is 0 Å². The average Bonchev–Trinajstić information content (AvgIpc) is 3.19. The molecule has 158 valence electrons. The first-order valence-electron chi connectivity index (χ1n) is 9.50. The molecule has 2 N–H and O–H groups in total. The van der Waals surface area contributed by atoms with Crippen LogP contribution in [0.15, 0.2) is 23.1 Å². The van der Waals surface area contributed by atoms with Crippen LogP contribution in [0.3, 0.4) is 0 Å². The number of sulfonamides is 1. The Bertz CT molecular complexity index is 1010. The number of aromatic nitrogens is 2. The van der Waals surface area contributed by atoms with Crippen molar-refractivity contribution in [2.75, 3.05) is 13.1 Å². The molecule has 0 spiro atoms. The van der Waals surface area contributed by atoms with Gasteiger partial charge in [0.2, 0.25) is 15.9 Å². The van der Waals surface area contributed by atoms with E-state index >= 15 is 0 Å². The minimum Gasteiger partial charge on any atom is -0.480 e. The molecule has 0 bridgehead atoms. The summed E-state index contributed by atoms with van der Waals surface area (Å²) in [5.74, 6) is -2.34. The number of nitrogens with one attached hydrogen (secondary N) is 1. The number of amides is 1. The first-order valence-corrected chi connectivity index (χ1v) is 11.7. The molecule has 2 aromatic rings. The average molecular weight is 441 g/mol. The highest BCUT2D eigenvalue weighted by molar-refractivity contribution is 7.89. The summed E-state index contributed by atoms with van der Waals surface area (Å²) < 4.78 is 35.8. The van der Waals surface area contributed by atoms with E-state index in [1.54, 1.807) is 19.1 Å². The van der Waals surface area contributed by atoms with E-state index < -0.39 is 33.9 Å². The number of hydrogen-bond donors (Lipinski definition) is 2. The molecule has 0 unspecified atom stereocenters. The number of benzene rings is 1. The smallest absolute Gasteiger partial charge is 0.326 e. The van der Waals surface area contributed by atoms with Crippen LogP contribution in [0.5, 0.6) is 0 Å². The van der Waals surface area contributed by atoms with Crippen LogP contribution in [-0.2, 0) is 19.6 Å². The van der Waals surface area contributed by atoms with Gasteiger partial charge in [0.05, 0.1) is 17.6 Å². The van der Waals surface area contributed by atoms with Crippen molar-refractivity contribution in [3.63, 3.8) is 0 Å². The van der Waals surface area contributed by atoms with Gasteiger partial charge in [-0.25, -0.2) is 13.2 Å². The number of nitrogens with zero attached hydrogens (tertiary/aromatic N) is 3. The molecule has 11 heteroatoms. The summed E-state index contributed by atoms with van der Waals surface area (Å²) in [4.78, 5) is 24.3. The van der Waals surface area contributed by atoms with Crippen molar-refractivity contribution in [3.05, 3.63) is 18.2 Å². The van der Waals surface area contributed by atoms with Gasteiger partial charge in [0.1, 0.15) is 22.0 Å². The number of aliphatic carboxylic acids is 1. The minimum atomic E-state index is -3.85. The van der Waals surface area contributed by atoms with E-state index in [0.29, 0.717) is 36.8 Å². The van der Waals surface area contributed by atoms with E-state index in [1.807, 2.05) is 6.92 Å². The van der Waals surface area contributed by atoms with Crippen LogP contribution in [-0.4, -0.2) is 57.6 Å². The Morgan fingerprint density at radius 2 is 2.14 bits per heavy atom. The largest absolute Gasteiger partial charge is 0.480 e. The minimum absolute atomic E-state index is 0.00889. The highest BCUT2D eigenvalue weighted by atomic mass is 32.2. The van der Waals surface area contributed by atoms with E-state index in [9.17, 15) is 23.1 Å². The van der Waals surface area contributed by atoms with Crippen LogP contribution in [0.4, 0.5) is 0 Å². The van der Waals surface area contributed by atoms with Gasteiger partial charge in [0.25, 0.3) is 0 Å². The maximum Gasteiger partial charge on any atom is 0.326 e. The van der Waals surface area contributed by atoms with Crippen LogP contribution in [0.1, 0.15) is 33.1 Å². The van der Waals surface area contributed by atoms with Gasteiger partial charge in [-0.3, -0.25) is 4.79 Å². The molecule has 3 rings (SSSR count). The van der Waals surface area contributed by atoms with Crippen molar-refractivity contribution in [3.8, 4) is 0 Å². The number of carbonyl (C=O) groups is 2. The third-order valence-corrected chi connectivity index (χ3v) is 7.84. The van der Waals surface area contributed by atoms with Gasteiger partial charge in [0, 0.05) is 13.1 Å². The van der Waals surface area contributed by atoms with Gasteiger partial charge in [-0.1, -0.05) is 26.3 Å². The zero-order chi connectivity index (χ0) is 21.2. The number of rotatable bonds is 7. The second kappa shape index (κ2) is 8.72. The molecule has 1 aliphatic heterocycles. The Labute approximate surface area is 173 Å². The topological polar surface area (TPSA) is 130 Å². The molecule has 1 aromatic heterocycles. The maximum absolute atomic E-state index is 13.2. The fourth-order valence-electron chi connectivity index (χ4n) is 3.46. The summed E-state index contributed by atoms with van der Waals surface area (Å²) in [7, 11) is -3.85. The summed E-state index contributed by atoms with van der Waals surface area (Å²) in [5.41, 5.74) is 0.840. The molecule has 1 saturated heterocycles. The summed E-state index contributed by atoms with van der Waals surface area (Å²) in [6.45, 7) is 3.93. The first kappa shape index (κ1) is 21.6. The standard InChI is InChI=1S/C18H24N4O5S2/c1-3-11(2)15(18(24)25)19-17(23)12-6-5-9-22(10-12)29(26,27)14-8-4-7-13-16(14)21-28-20-13/h4,7-8,11-12,15H,3,5-6,9-10H2,1-2H3,(H,19,23)(H,24,25)/t11-,12+,15+/m0/s1. The number of carboxylic acids is 1. The van der Waals surface area contributed by atoms with Gasteiger partial charge in [-0.2, -0.15) is 13.1 Å². The van der Waals surface area contributed by atoms with E-state index in [0.717, 1.165) is 11.7 Å². The van der Waals surface area contributed by atoms with Gasteiger partial charge in [-0.15, -0.1) is 0 Å². The molecule has 1 amide bonds. The predicted molar refractivity (Wildman–Crippen MR) is 108 cm³/mol. The third-order valence-electron chi connectivity index (χ3n) is 5.40. The molecule has 0 aliphatic carbocycles. The molecule has 3 atom stereocenters. The van der Waals surface area contributed by atoms with Crippen LogP contribution in [0.25, 0.3) is 11.0 Å². The summed E-state index contributed by atoms with van der Waals surface area (Å²) in [6, 6.07) is 3.82. The molecule has 0 saturated carbocycles. The summed E-state index contributed by atoms with van der Waals surface area (Å²) in [6.07, 6.45) is 1.63. The van der Waals surface area contributed by atoms with Crippen molar-refractivity contribution in [2.24, 2.45) is 11.8 Å². The quantitative estimate of drug-likeness (QED) is 0.670. The zero-order valence-corrected chi connectivity index (χ0v) is 17.9. The van der Waals surface area contributed by atoms with E-state index in [1.165, 1.54) is 10.4 Å². The fourth-order valence-corrected chi connectivity index (χ4v) is 5.73. The van der Waals surface area contributed by atoms with Gasteiger partial charge >= 0.3 is 5.97 Å². The summed E-state index contributed by atoms with van der Waals surface area (Å²) in [5, 5.41) is 12.0. The van der Waals surface area contributed by atoms with E-state index in [-0.39, 0.29) is 17.4 Å². The number of hydrogen-bond acceptors (Lipinski definition) is 7. The monoisotopic (exact) mass is 440 g/mol. The molecule has 9 nitrogen and oxygen atoms in total. The van der Waals surface area contributed by atoms with Crippen molar-refractivity contribution in [2.45, 2.75) is 44.0 Å². The lowest BCUT2D eigenvalue weighted by atomic mass is 9.95. The van der Waals surface area contributed by atoms with Crippen molar-refractivity contribution in [1.82, 2.24) is 18.4 Å². The molecule has 1 aromatic carbocycles. The normalized spacial score (nSPS) is 20.3. The zero-order valence-electron chi connectivity index (χ0n) is 16.2. The molecule has 0 radical (unpaired) electrons. The fraction of sp³-hybridized carbons (Fsp3) is 0.556. The Hall–Kier alpha value is -2.11. The van der Waals surface area contributed by atoms with Gasteiger partial charge in [-0.05, 0) is 30.9 Å². The van der Waals surface area contributed by atoms with E-state index in [4.69, 9.17) is 0 Å². The first-order chi connectivity index (χ1) is 13.8. The van der Waals surface area contributed by atoms with Gasteiger partial charge in [0.15, 0.2) is 0 Å². The number of piperidine rings is 1. The van der Waals surface area contributed by atoms with Crippen molar-refractivity contribution >= 4 is 44.7 Å². The Kier molecular flexibility index (Phi) is 6.49. The molecule has 2 heterocycles. The Morgan fingerprint density at radius 1 is 1.38 bits per heavy atom. The predicted octanol–water partition coefficient (Wildman–Crippen LogP) is 1.71. The lowest BCUT2D eigenvalue weighted by Crippen LogP contribution is -2.51. The number of carbonyl (C=O) groups excluding carboxylic acids is 1. The Morgan fingerprint density at radius 3 is 2.83 bits per heavy atom. The van der Waals surface area contributed by atoms with Crippen molar-refractivity contribution in [1.29, 1.82) is 0 Å². The van der Waals surface area contributed by atoms with E-state index in [2.05, 4.69) is 14.1 Å². The highest BCUT2D eigenvalue weighted by Crippen LogP contribution is 2.28. The highest BCUT2D eigenvalue weighted by Gasteiger charge is 2.36. The number of fused-ring (bicyclic) bond motifs is 1. The van der Waals surface area contributed by atoms with Crippen LogP contribution in [0, 0.1) is 11.8 Å². The Balaban J connectivity index is 1.79. The van der Waals surface area contributed by atoms with Crippen LogP contribution >= 0.6 is 11.7 Å². The van der Waals surface area contributed by atoms with Crippen molar-refractivity contribution < 1.29 is 23.1 Å². The van der Waals surface area contributed by atoms with Gasteiger partial charge < -0.3 is 10.4 Å². The second-order valence-corrected chi connectivity index (χ2v) is 9.74. The molecule has 29 heavy (non-hydrogen) atoms. The number of carboxylic acid groups (broad SMARTS) is 1. The van der Waals surface area contributed by atoms with Crippen LogP contribution < -0.4 is 5.32 Å².